The Balaban J connectivity index is 1.49. The van der Waals surface area contributed by atoms with E-state index in [0.29, 0.717) is 10.9 Å². The third-order valence-electron chi connectivity index (χ3n) is 5.91. The second-order valence-electron chi connectivity index (χ2n) is 8.39. The van der Waals surface area contributed by atoms with Crippen molar-refractivity contribution in [2.45, 2.75) is 84.0 Å². The average Bonchev–Trinajstić information content (AvgIpc) is 2.76. The summed E-state index contributed by atoms with van der Waals surface area (Å²) in [7, 11) is 0. The molecule has 1 saturated carbocycles. The van der Waals surface area contributed by atoms with E-state index in [-0.39, 0.29) is 0 Å². The smallest absolute Gasteiger partial charge is 0.159 e. The number of halogens is 1. The van der Waals surface area contributed by atoms with Crippen molar-refractivity contribution in [1.82, 2.24) is 9.97 Å². The zero-order chi connectivity index (χ0) is 20.3. The molecule has 0 saturated heterocycles. The molecule has 0 aliphatic heterocycles. The molecule has 0 unspecified atom stereocenters. The van der Waals surface area contributed by atoms with E-state index in [1.54, 1.807) is 0 Å². The fraction of sp³-hybridized carbons (Fsp3) is 0.600. The number of rotatable bonds is 11. The maximum absolute atomic E-state index is 6.47. The first-order valence-corrected chi connectivity index (χ1v) is 11.9. The van der Waals surface area contributed by atoms with Gasteiger partial charge in [0, 0.05) is 18.0 Å². The summed E-state index contributed by atoms with van der Waals surface area (Å²) in [5, 5.41) is 0.637. The first kappa shape index (κ1) is 22.1. The molecule has 1 heterocycles. The molecule has 1 fully saturated rings. The molecule has 158 valence electrons. The van der Waals surface area contributed by atoms with Crippen LogP contribution in [0, 0.1) is 5.92 Å². The largest absolute Gasteiger partial charge is 0.492 e. The molecule has 29 heavy (non-hydrogen) atoms. The molecule has 0 bridgehead atoms. The molecule has 4 heteroatoms. The standard InChI is InChI=1S/C25H35ClN2O/c1-2-3-4-5-6-8-13-21-17-27-25(28-18-21)22-14-15-24(23(26)16-22)29-19-20-11-9-7-10-12-20/h14-18,20H,2-13,19H2,1H3. The number of nitrogens with zero attached hydrogens (tertiary/aromatic N) is 2. The van der Waals surface area contributed by atoms with Gasteiger partial charge >= 0.3 is 0 Å². The van der Waals surface area contributed by atoms with Crippen LogP contribution >= 0.6 is 11.6 Å². The summed E-state index contributed by atoms with van der Waals surface area (Å²) in [6, 6.07) is 5.87. The van der Waals surface area contributed by atoms with Gasteiger partial charge in [0.15, 0.2) is 5.82 Å². The molecular formula is C25H35ClN2O. The van der Waals surface area contributed by atoms with Gasteiger partial charge in [-0.1, -0.05) is 69.9 Å². The van der Waals surface area contributed by atoms with E-state index < -0.39 is 0 Å². The zero-order valence-corrected chi connectivity index (χ0v) is 18.6. The molecule has 2 aromatic rings. The molecule has 1 aromatic heterocycles. The molecular weight excluding hydrogens is 380 g/mol. The summed E-state index contributed by atoms with van der Waals surface area (Å²) in [5.41, 5.74) is 2.15. The van der Waals surface area contributed by atoms with Gasteiger partial charge in [0.2, 0.25) is 0 Å². The van der Waals surface area contributed by atoms with Crippen LogP contribution in [-0.2, 0) is 6.42 Å². The Kier molecular flexibility index (Phi) is 9.27. The second kappa shape index (κ2) is 12.2. The van der Waals surface area contributed by atoms with E-state index in [1.807, 2.05) is 30.6 Å². The lowest BCUT2D eigenvalue weighted by molar-refractivity contribution is 0.209. The van der Waals surface area contributed by atoms with E-state index in [9.17, 15) is 0 Å². The van der Waals surface area contributed by atoms with Crippen molar-refractivity contribution in [2.24, 2.45) is 5.92 Å². The number of unbranched alkanes of at least 4 members (excludes halogenated alkanes) is 5. The highest BCUT2D eigenvalue weighted by Crippen LogP contribution is 2.31. The van der Waals surface area contributed by atoms with E-state index in [2.05, 4.69) is 16.9 Å². The minimum Gasteiger partial charge on any atom is -0.492 e. The van der Waals surface area contributed by atoms with Gasteiger partial charge in [-0.15, -0.1) is 0 Å². The van der Waals surface area contributed by atoms with Crippen molar-refractivity contribution >= 4 is 11.6 Å². The number of aryl methyl sites for hydroxylation is 1. The number of benzene rings is 1. The van der Waals surface area contributed by atoms with Gasteiger partial charge in [-0.05, 0) is 55.4 Å². The normalized spacial score (nSPS) is 14.8. The van der Waals surface area contributed by atoms with Crippen LogP contribution in [0.2, 0.25) is 5.02 Å². The van der Waals surface area contributed by atoms with Crippen molar-refractivity contribution < 1.29 is 4.74 Å². The minimum absolute atomic E-state index is 0.637. The topological polar surface area (TPSA) is 35.0 Å². The zero-order valence-electron chi connectivity index (χ0n) is 17.8. The number of hydrogen-bond donors (Lipinski definition) is 0. The lowest BCUT2D eigenvalue weighted by Crippen LogP contribution is -2.15. The van der Waals surface area contributed by atoms with Gasteiger partial charge in [0.05, 0.1) is 11.6 Å². The average molecular weight is 415 g/mol. The number of hydrogen-bond acceptors (Lipinski definition) is 3. The molecule has 0 amide bonds. The molecule has 1 aliphatic carbocycles. The highest BCUT2D eigenvalue weighted by molar-refractivity contribution is 6.32. The number of aromatic nitrogens is 2. The third kappa shape index (κ3) is 7.29. The van der Waals surface area contributed by atoms with E-state index in [1.165, 1.54) is 76.2 Å². The summed E-state index contributed by atoms with van der Waals surface area (Å²) >= 11 is 6.47. The Labute approximate surface area is 181 Å². The van der Waals surface area contributed by atoms with E-state index in [4.69, 9.17) is 16.3 Å². The van der Waals surface area contributed by atoms with Crippen molar-refractivity contribution in [1.29, 1.82) is 0 Å². The number of ether oxygens (including phenoxy) is 1. The van der Waals surface area contributed by atoms with Crippen molar-refractivity contribution in [3.8, 4) is 17.1 Å². The summed E-state index contributed by atoms with van der Waals surface area (Å²) in [4.78, 5) is 9.11. The van der Waals surface area contributed by atoms with Crippen LogP contribution in [0.4, 0.5) is 0 Å². The van der Waals surface area contributed by atoms with Gasteiger partial charge in [-0.3, -0.25) is 0 Å². The summed E-state index contributed by atoms with van der Waals surface area (Å²) in [5.74, 6) is 2.15. The lowest BCUT2D eigenvalue weighted by Gasteiger charge is -2.22. The SMILES string of the molecule is CCCCCCCCc1cnc(-c2ccc(OCC3CCCCC3)c(Cl)c2)nc1. The maximum atomic E-state index is 6.47. The van der Waals surface area contributed by atoms with E-state index >= 15 is 0 Å². The summed E-state index contributed by atoms with van der Waals surface area (Å²) < 4.78 is 5.99. The Hall–Kier alpha value is -1.61. The highest BCUT2D eigenvalue weighted by Gasteiger charge is 2.15. The van der Waals surface area contributed by atoms with Crippen LogP contribution in [-0.4, -0.2) is 16.6 Å². The van der Waals surface area contributed by atoms with Crippen LogP contribution in [0.1, 0.15) is 83.1 Å². The van der Waals surface area contributed by atoms with Gasteiger partial charge in [0.1, 0.15) is 5.75 Å². The minimum atomic E-state index is 0.637. The third-order valence-corrected chi connectivity index (χ3v) is 6.21. The molecule has 0 spiro atoms. The fourth-order valence-electron chi connectivity index (χ4n) is 4.06. The van der Waals surface area contributed by atoms with Crippen LogP contribution < -0.4 is 4.74 Å². The molecule has 3 nitrogen and oxygen atoms in total. The highest BCUT2D eigenvalue weighted by atomic mass is 35.5. The van der Waals surface area contributed by atoms with Gasteiger partial charge < -0.3 is 4.74 Å². The molecule has 0 N–H and O–H groups in total. The fourth-order valence-corrected chi connectivity index (χ4v) is 4.30. The van der Waals surface area contributed by atoms with Gasteiger partial charge in [-0.25, -0.2) is 9.97 Å². The summed E-state index contributed by atoms with van der Waals surface area (Å²) in [6.45, 7) is 3.02. The van der Waals surface area contributed by atoms with E-state index in [0.717, 1.165) is 30.2 Å². The molecule has 0 radical (unpaired) electrons. The van der Waals surface area contributed by atoms with Crippen LogP contribution in [0.25, 0.3) is 11.4 Å². The second-order valence-corrected chi connectivity index (χ2v) is 8.80. The van der Waals surface area contributed by atoms with Crippen molar-refractivity contribution in [2.75, 3.05) is 6.61 Å². The lowest BCUT2D eigenvalue weighted by atomic mass is 9.90. The van der Waals surface area contributed by atoms with Crippen LogP contribution in [0.5, 0.6) is 5.75 Å². The Morgan fingerprint density at radius 1 is 0.966 bits per heavy atom. The predicted molar refractivity (Wildman–Crippen MR) is 122 cm³/mol. The van der Waals surface area contributed by atoms with Crippen molar-refractivity contribution in [3.63, 3.8) is 0 Å². The summed E-state index contributed by atoms with van der Waals surface area (Å²) in [6.07, 6.45) is 19.4. The maximum Gasteiger partial charge on any atom is 0.159 e. The van der Waals surface area contributed by atoms with Crippen LogP contribution in [0.3, 0.4) is 0 Å². The van der Waals surface area contributed by atoms with Crippen LogP contribution in [0.15, 0.2) is 30.6 Å². The molecule has 3 rings (SSSR count). The Morgan fingerprint density at radius 3 is 2.41 bits per heavy atom. The molecule has 0 atom stereocenters. The monoisotopic (exact) mass is 414 g/mol. The molecule has 1 aliphatic rings. The van der Waals surface area contributed by atoms with Gasteiger partial charge in [0.25, 0.3) is 0 Å². The van der Waals surface area contributed by atoms with Gasteiger partial charge in [-0.2, -0.15) is 0 Å². The Bertz CT molecular complexity index is 726. The Morgan fingerprint density at radius 2 is 1.69 bits per heavy atom. The van der Waals surface area contributed by atoms with Crippen molar-refractivity contribution in [3.05, 3.63) is 41.2 Å². The first-order valence-electron chi connectivity index (χ1n) is 11.5. The first-order chi connectivity index (χ1) is 14.3. The molecule has 1 aromatic carbocycles. The predicted octanol–water partition coefficient (Wildman–Crippen LogP) is 7.66. The quantitative estimate of drug-likeness (QED) is 0.354.